The molecule has 86 valence electrons. The highest BCUT2D eigenvalue weighted by Crippen LogP contribution is 2.38. The molecular weight excluding hydrogens is 168 g/mol. The first kappa shape index (κ1) is 14.0. The molecule has 0 aliphatic rings. The Balaban J connectivity index is 4.05. The molecule has 14 heavy (non-hydrogen) atoms. The first-order valence-electron chi connectivity index (χ1n) is 6.60. The summed E-state index contributed by atoms with van der Waals surface area (Å²) in [7, 11) is 0. The van der Waals surface area contributed by atoms with E-state index < -0.39 is 0 Å². The van der Waals surface area contributed by atoms with E-state index in [-0.39, 0.29) is 0 Å². The highest BCUT2D eigenvalue weighted by Gasteiger charge is 2.27. The summed E-state index contributed by atoms with van der Waals surface area (Å²) in [4.78, 5) is 0. The minimum atomic E-state index is 0.602. The highest BCUT2D eigenvalue weighted by molar-refractivity contribution is 4.78. The predicted molar refractivity (Wildman–Crippen MR) is 66.6 cm³/mol. The molecule has 0 amide bonds. The van der Waals surface area contributed by atoms with Crippen LogP contribution < -0.4 is 0 Å². The van der Waals surface area contributed by atoms with Crippen LogP contribution >= 0.6 is 0 Å². The molecule has 0 N–H and O–H groups in total. The van der Waals surface area contributed by atoms with Crippen LogP contribution in [-0.2, 0) is 0 Å². The van der Waals surface area contributed by atoms with Crippen LogP contribution in [-0.4, -0.2) is 0 Å². The Morgan fingerprint density at radius 1 is 1.00 bits per heavy atom. The second-order valence-corrected chi connectivity index (χ2v) is 5.15. The van der Waals surface area contributed by atoms with Crippen molar-refractivity contribution in [3.05, 3.63) is 0 Å². The molecular formula is C14H30. The number of hydrogen-bond donors (Lipinski definition) is 0. The molecule has 2 atom stereocenters. The fourth-order valence-corrected chi connectivity index (χ4v) is 2.21. The molecule has 2 unspecified atom stereocenters. The Labute approximate surface area is 91.5 Å². The van der Waals surface area contributed by atoms with Gasteiger partial charge < -0.3 is 0 Å². The Hall–Kier alpha value is 0. The predicted octanol–water partition coefficient (Wildman–Crippen LogP) is 5.42. The maximum atomic E-state index is 2.49. The van der Waals surface area contributed by atoms with Crippen molar-refractivity contribution in [3.63, 3.8) is 0 Å². The lowest BCUT2D eigenvalue weighted by Crippen LogP contribution is -2.24. The van der Waals surface area contributed by atoms with Gasteiger partial charge in [-0.2, -0.15) is 0 Å². The minimum absolute atomic E-state index is 0.602. The van der Waals surface area contributed by atoms with E-state index >= 15 is 0 Å². The normalized spacial score (nSPS) is 17.8. The summed E-state index contributed by atoms with van der Waals surface area (Å²) in [6.07, 6.45) is 9.69. The van der Waals surface area contributed by atoms with Crippen LogP contribution in [0.5, 0.6) is 0 Å². The van der Waals surface area contributed by atoms with E-state index in [1.807, 2.05) is 0 Å². The van der Waals surface area contributed by atoms with Gasteiger partial charge in [0.1, 0.15) is 0 Å². The fourth-order valence-electron chi connectivity index (χ4n) is 2.21. The van der Waals surface area contributed by atoms with Gasteiger partial charge in [0.25, 0.3) is 0 Å². The molecule has 0 aliphatic carbocycles. The summed E-state index contributed by atoms with van der Waals surface area (Å²) in [5.74, 6) is 0.902. The maximum absolute atomic E-state index is 2.49. The highest BCUT2D eigenvalue weighted by atomic mass is 14.3. The van der Waals surface area contributed by atoms with E-state index in [0.717, 1.165) is 5.92 Å². The summed E-state index contributed by atoms with van der Waals surface area (Å²) in [6, 6.07) is 0. The number of rotatable bonds is 8. The van der Waals surface area contributed by atoms with Crippen LogP contribution in [0, 0.1) is 11.3 Å². The molecule has 0 aromatic carbocycles. The minimum Gasteiger partial charge on any atom is -0.0654 e. The van der Waals surface area contributed by atoms with Crippen LogP contribution in [0.3, 0.4) is 0 Å². The average Bonchev–Trinajstić information content (AvgIpc) is 2.22. The van der Waals surface area contributed by atoms with Crippen molar-refractivity contribution in [1.82, 2.24) is 0 Å². The third kappa shape index (κ3) is 4.48. The van der Waals surface area contributed by atoms with Gasteiger partial charge in [-0.3, -0.25) is 0 Å². The standard InChI is InChI=1S/C14H30/c1-6-9-11-13(4)14(5,8-3)12-10-7-2/h13H,6-12H2,1-5H3. The molecule has 0 saturated heterocycles. The van der Waals surface area contributed by atoms with Crippen molar-refractivity contribution in [2.45, 2.75) is 79.6 Å². The monoisotopic (exact) mass is 198 g/mol. The van der Waals surface area contributed by atoms with E-state index in [0.29, 0.717) is 5.41 Å². The molecule has 0 spiro atoms. The summed E-state index contributed by atoms with van der Waals surface area (Å²) in [5, 5.41) is 0. The van der Waals surface area contributed by atoms with Crippen molar-refractivity contribution in [2.75, 3.05) is 0 Å². The molecule has 0 fully saturated rings. The summed E-state index contributed by atoms with van der Waals surface area (Å²) in [6.45, 7) is 11.9. The second-order valence-electron chi connectivity index (χ2n) is 5.15. The lowest BCUT2D eigenvalue weighted by molar-refractivity contribution is 0.158. The largest absolute Gasteiger partial charge is 0.0654 e. The smallest absolute Gasteiger partial charge is 0.0303 e. The quantitative estimate of drug-likeness (QED) is 0.488. The lowest BCUT2D eigenvalue weighted by Gasteiger charge is -2.35. The van der Waals surface area contributed by atoms with Crippen molar-refractivity contribution >= 4 is 0 Å². The molecule has 0 bridgehead atoms. The Morgan fingerprint density at radius 3 is 2.00 bits per heavy atom. The summed E-state index contributed by atoms with van der Waals surface area (Å²) < 4.78 is 0. The Bertz CT molecular complexity index is 128. The second kappa shape index (κ2) is 7.31. The molecule has 0 radical (unpaired) electrons. The van der Waals surface area contributed by atoms with Crippen LogP contribution in [0.15, 0.2) is 0 Å². The molecule has 0 rings (SSSR count). The van der Waals surface area contributed by atoms with Gasteiger partial charge in [-0.15, -0.1) is 0 Å². The van der Waals surface area contributed by atoms with Gasteiger partial charge in [0.2, 0.25) is 0 Å². The van der Waals surface area contributed by atoms with Crippen LogP contribution in [0.25, 0.3) is 0 Å². The van der Waals surface area contributed by atoms with Crippen LogP contribution in [0.2, 0.25) is 0 Å². The molecule has 0 aliphatic heterocycles. The summed E-state index contributed by atoms with van der Waals surface area (Å²) >= 11 is 0. The van der Waals surface area contributed by atoms with E-state index in [1.54, 1.807) is 0 Å². The lowest BCUT2D eigenvalue weighted by atomic mass is 9.70. The zero-order valence-corrected chi connectivity index (χ0v) is 11.0. The van der Waals surface area contributed by atoms with Crippen LogP contribution in [0.4, 0.5) is 0 Å². The molecule has 0 heteroatoms. The van der Waals surface area contributed by atoms with Gasteiger partial charge in [-0.05, 0) is 17.8 Å². The number of hydrogen-bond acceptors (Lipinski definition) is 0. The van der Waals surface area contributed by atoms with Gasteiger partial charge in [0.05, 0.1) is 0 Å². The topological polar surface area (TPSA) is 0 Å². The SMILES string of the molecule is CCCCC(C)C(C)(CC)CCCC. The van der Waals surface area contributed by atoms with E-state index in [4.69, 9.17) is 0 Å². The van der Waals surface area contributed by atoms with Gasteiger partial charge in [0.15, 0.2) is 0 Å². The van der Waals surface area contributed by atoms with Gasteiger partial charge in [-0.1, -0.05) is 73.1 Å². The van der Waals surface area contributed by atoms with E-state index in [2.05, 4.69) is 34.6 Å². The Morgan fingerprint density at radius 2 is 1.57 bits per heavy atom. The first-order valence-corrected chi connectivity index (χ1v) is 6.60. The molecule has 0 nitrogen and oxygen atoms in total. The molecule has 0 aromatic rings. The molecule has 0 heterocycles. The molecule has 0 saturated carbocycles. The summed E-state index contributed by atoms with van der Waals surface area (Å²) in [5.41, 5.74) is 0.602. The zero-order chi connectivity index (χ0) is 11.0. The first-order chi connectivity index (χ1) is 6.60. The van der Waals surface area contributed by atoms with Crippen molar-refractivity contribution in [1.29, 1.82) is 0 Å². The van der Waals surface area contributed by atoms with Crippen molar-refractivity contribution < 1.29 is 0 Å². The number of unbranched alkanes of at least 4 members (excludes halogenated alkanes) is 2. The van der Waals surface area contributed by atoms with Crippen molar-refractivity contribution in [3.8, 4) is 0 Å². The fraction of sp³-hybridized carbons (Fsp3) is 1.00. The van der Waals surface area contributed by atoms with Crippen molar-refractivity contribution in [2.24, 2.45) is 11.3 Å². The molecule has 0 aromatic heterocycles. The van der Waals surface area contributed by atoms with Crippen LogP contribution in [0.1, 0.15) is 79.6 Å². The van der Waals surface area contributed by atoms with E-state index in [1.165, 1.54) is 44.9 Å². The van der Waals surface area contributed by atoms with Gasteiger partial charge >= 0.3 is 0 Å². The zero-order valence-electron chi connectivity index (χ0n) is 11.0. The van der Waals surface area contributed by atoms with Gasteiger partial charge in [0, 0.05) is 0 Å². The third-order valence-corrected chi connectivity index (χ3v) is 4.09. The average molecular weight is 198 g/mol. The van der Waals surface area contributed by atoms with E-state index in [9.17, 15) is 0 Å². The Kier molecular flexibility index (Phi) is 7.31. The van der Waals surface area contributed by atoms with Gasteiger partial charge in [-0.25, -0.2) is 0 Å². The maximum Gasteiger partial charge on any atom is -0.0303 e. The third-order valence-electron chi connectivity index (χ3n) is 4.09.